The quantitative estimate of drug-likeness (QED) is 0.405. The van der Waals surface area contributed by atoms with Gasteiger partial charge in [0.25, 0.3) is 0 Å². The number of amides is 1. The Labute approximate surface area is 202 Å². The number of carbonyl (C=O) groups is 1. The zero-order valence-corrected chi connectivity index (χ0v) is 20.1. The van der Waals surface area contributed by atoms with Crippen molar-refractivity contribution < 1.29 is 9.53 Å². The molecule has 1 amide bonds. The topological polar surface area (TPSA) is 79.4 Å². The van der Waals surface area contributed by atoms with Crippen molar-refractivity contribution in [1.82, 2.24) is 20.4 Å². The first kappa shape index (κ1) is 23.7. The lowest BCUT2D eigenvalue weighted by Crippen LogP contribution is -2.47. The predicted octanol–water partition coefficient (Wildman–Crippen LogP) is 3.30. The number of hydrogen-bond acceptors (Lipinski definition) is 8. The molecule has 174 valence electrons. The van der Waals surface area contributed by atoms with E-state index in [1.54, 1.807) is 0 Å². The molecule has 0 spiro atoms. The molecule has 2 heterocycles. The van der Waals surface area contributed by atoms with Crippen molar-refractivity contribution >= 4 is 34.1 Å². The van der Waals surface area contributed by atoms with Crippen LogP contribution in [0.25, 0.3) is 0 Å². The van der Waals surface area contributed by atoms with Crippen LogP contribution in [0.15, 0.2) is 65.0 Å². The van der Waals surface area contributed by atoms with E-state index in [-0.39, 0.29) is 12.0 Å². The first-order valence-electron chi connectivity index (χ1n) is 11.1. The van der Waals surface area contributed by atoms with Gasteiger partial charge in [-0.2, -0.15) is 0 Å². The molecule has 0 saturated carbocycles. The van der Waals surface area contributed by atoms with E-state index in [1.807, 2.05) is 24.3 Å². The molecule has 1 saturated heterocycles. The zero-order chi connectivity index (χ0) is 22.7. The summed E-state index contributed by atoms with van der Waals surface area (Å²) in [5.41, 5.74) is 2.58. The maximum atomic E-state index is 12.3. The Morgan fingerprint density at radius 2 is 1.85 bits per heavy atom. The van der Waals surface area contributed by atoms with Gasteiger partial charge in [0, 0.05) is 32.7 Å². The Kier molecular flexibility index (Phi) is 9.11. The molecule has 1 aromatic heterocycles. The molecule has 1 aliphatic heterocycles. The second-order valence-corrected chi connectivity index (χ2v) is 10.0. The lowest BCUT2D eigenvalue weighted by Gasteiger charge is -2.33. The number of benzene rings is 2. The molecular weight excluding hydrogens is 454 g/mol. The summed E-state index contributed by atoms with van der Waals surface area (Å²) < 4.78 is 6.63. The summed E-state index contributed by atoms with van der Waals surface area (Å²) in [6.07, 6.45) is 0.940. The molecular formula is C24H29N5O2S2. The van der Waals surface area contributed by atoms with E-state index < -0.39 is 0 Å². The smallest absolute Gasteiger partial charge is 0.230 e. The highest BCUT2D eigenvalue weighted by Gasteiger charge is 2.21. The number of nitrogens with zero attached hydrogens (tertiary/aromatic N) is 3. The van der Waals surface area contributed by atoms with E-state index >= 15 is 0 Å². The van der Waals surface area contributed by atoms with Gasteiger partial charge in [-0.05, 0) is 17.5 Å². The minimum atomic E-state index is -0.0161. The molecule has 0 bridgehead atoms. The van der Waals surface area contributed by atoms with Crippen LogP contribution in [0.3, 0.4) is 0 Å². The third-order valence-corrected chi connectivity index (χ3v) is 7.28. The van der Waals surface area contributed by atoms with Crippen molar-refractivity contribution in [2.24, 2.45) is 0 Å². The van der Waals surface area contributed by atoms with Crippen molar-refractivity contribution in [2.75, 3.05) is 43.9 Å². The first-order valence-corrected chi connectivity index (χ1v) is 12.9. The fraction of sp³-hybridized carbons (Fsp3) is 0.375. The zero-order valence-electron chi connectivity index (χ0n) is 18.5. The molecule has 2 aromatic carbocycles. The van der Waals surface area contributed by atoms with Crippen LogP contribution in [0.5, 0.6) is 0 Å². The summed E-state index contributed by atoms with van der Waals surface area (Å²) in [5.74, 6) is 0.302. The first-order chi connectivity index (χ1) is 16.2. The van der Waals surface area contributed by atoms with E-state index in [0.29, 0.717) is 18.9 Å². The number of hydrogen-bond donors (Lipinski definition) is 2. The Hall–Kier alpha value is -2.46. The second-order valence-electron chi connectivity index (χ2n) is 7.84. The van der Waals surface area contributed by atoms with Gasteiger partial charge < -0.3 is 15.4 Å². The summed E-state index contributed by atoms with van der Waals surface area (Å²) in [7, 11) is 0. The third-order valence-electron chi connectivity index (χ3n) is 5.26. The van der Waals surface area contributed by atoms with Gasteiger partial charge in [0.05, 0.1) is 18.5 Å². The Morgan fingerprint density at radius 1 is 1.09 bits per heavy atom. The molecule has 1 unspecified atom stereocenters. The van der Waals surface area contributed by atoms with Gasteiger partial charge in [-0.25, -0.2) is 0 Å². The molecule has 9 heteroatoms. The summed E-state index contributed by atoms with van der Waals surface area (Å²) >= 11 is 2.89. The average molecular weight is 484 g/mol. The fourth-order valence-corrected chi connectivity index (χ4v) is 5.20. The van der Waals surface area contributed by atoms with Crippen molar-refractivity contribution in [3.8, 4) is 0 Å². The molecule has 3 aromatic rings. The van der Waals surface area contributed by atoms with Crippen LogP contribution in [-0.2, 0) is 22.5 Å². The number of rotatable bonds is 11. The number of carbonyl (C=O) groups excluding carboxylic acids is 1. The van der Waals surface area contributed by atoms with E-state index in [4.69, 9.17) is 4.74 Å². The largest absolute Gasteiger partial charge is 0.374 e. The van der Waals surface area contributed by atoms with Crippen molar-refractivity contribution in [2.45, 2.75) is 23.4 Å². The molecule has 4 rings (SSSR count). The summed E-state index contributed by atoms with van der Waals surface area (Å²) in [5, 5.41) is 15.4. The van der Waals surface area contributed by atoms with Gasteiger partial charge in [-0.1, -0.05) is 83.8 Å². The average Bonchev–Trinajstić information content (AvgIpc) is 3.31. The molecule has 1 aliphatic rings. The molecule has 2 N–H and O–H groups in total. The maximum absolute atomic E-state index is 12.3. The monoisotopic (exact) mass is 483 g/mol. The van der Waals surface area contributed by atoms with Gasteiger partial charge in [-0.3, -0.25) is 9.69 Å². The van der Waals surface area contributed by atoms with Crippen LogP contribution in [0.1, 0.15) is 11.1 Å². The Balaban J connectivity index is 1.12. The van der Waals surface area contributed by atoms with Crippen LogP contribution >= 0.6 is 23.1 Å². The van der Waals surface area contributed by atoms with Crippen LogP contribution in [0, 0.1) is 0 Å². The van der Waals surface area contributed by atoms with Crippen LogP contribution in [0.2, 0.25) is 0 Å². The normalized spacial score (nSPS) is 16.4. The summed E-state index contributed by atoms with van der Waals surface area (Å²) in [4.78, 5) is 14.7. The lowest BCUT2D eigenvalue weighted by molar-refractivity contribution is -0.119. The molecule has 0 radical (unpaired) electrons. The highest BCUT2D eigenvalue weighted by molar-refractivity contribution is 8.01. The number of ether oxygens (including phenoxy) is 1. The van der Waals surface area contributed by atoms with E-state index in [1.165, 1.54) is 34.2 Å². The summed E-state index contributed by atoms with van der Waals surface area (Å²) in [6.45, 7) is 4.64. The van der Waals surface area contributed by atoms with Gasteiger partial charge in [0.15, 0.2) is 4.34 Å². The number of anilines is 1. The standard InChI is InChI=1S/C24H29N5O2S2/c30-22(26-15-21-17-29(13-14-31-21)16-20-9-5-2-6-10-20)18-32-24-28-27-23(33-24)25-12-11-19-7-3-1-4-8-19/h1-10,21H,11-18H2,(H,25,27)(H,26,30). The number of morpholine rings is 1. The van der Waals surface area contributed by atoms with Gasteiger partial charge in [0.1, 0.15) is 0 Å². The minimum Gasteiger partial charge on any atom is -0.374 e. The highest BCUT2D eigenvalue weighted by Crippen LogP contribution is 2.25. The predicted molar refractivity (Wildman–Crippen MR) is 134 cm³/mol. The Morgan fingerprint density at radius 3 is 2.64 bits per heavy atom. The number of nitrogens with one attached hydrogen (secondary N) is 2. The third kappa shape index (κ3) is 8.12. The van der Waals surface area contributed by atoms with Gasteiger partial charge in [0.2, 0.25) is 11.0 Å². The van der Waals surface area contributed by atoms with Crippen molar-refractivity contribution in [3.63, 3.8) is 0 Å². The van der Waals surface area contributed by atoms with E-state index in [2.05, 4.69) is 62.1 Å². The Bertz CT molecular complexity index is 987. The number of thioether (sulfide) groups is 1. The number of aromatic nitrogens is 2. The van der Waals surface area contributed by atoms with Crippen molar-refractivity contribution in [3.05, 3.63) is 71.8 Å². The SMILES string of the molecule is O=C(CSc1nnc(NCCc2ccccc2)s1)NCC1CN(Cc2ccccc2)CCO1. The molecule has 0 aliphatic carbocycles. The second kappa shape index (κ2) is 12.7. The minimum absolute atomic E-state index is 0.0124. The van der Waals surface area contributed by atoms with Crippen LogP contribution < -0.4 is 10.6 Å². The van der Waals surface area contributed by atoms with Gasteiger partial charge in [-0.15, -0.1) is 10.2 Å². The van der Waals surface area contributed by atoms with Crippen LogP contribution in [-0.4, -0.2) is 65.6 Å². The maximum Gasteiger partial charge on any atom is 0.230 e. The van der Waals surface area contributed by atoms with Gasteiger partial charge >= 0.3 is 0 Å². The molecule has 33 heavy (non-hydrogen) atoms. The fourth-order valence-electron chi connectivity index (χ4n) is 3.59. The molecule has 1 fully saturated rings. The summed E-state index contributed by atoms with van der Waals surface area (Å²) in [6, 6.07) is 20.8. The van der Waals surface area contributed by atoms with E-state index in [9.17, 15) is 4.79 Å². The van der Waals surface area contributed by atoms with E-state index in [0.717, 1.165) is 42.1 Å². The molecule has 1 atom stereocenters. The van der Waals surface area contributed by atoms with Crippen LogP contribution in [0.4, 0.5) is 5.13 Å². The molecule has 7 nitrogen and oxygen atoms in total. The van der Waals surface area contributed by atoms with Crippen molar-refractivity contribution in [1.29, 1.82) is 0 Å². The highest BCUT2D eigenvalue weighted by atomic mass is 32.2. The lowest BCUT2D eigenvalue weighted by atomic mass is 10.2.